The van der Waals surface area contributed by atoms with Gasteiger partial charge in [-0.05, 0) is 18.6 Å². The van der Waals surface area contributed by atoms with E-state index < -0.39 is 5.92 Å². The molecule has 5 nitrogen and oxygen atoms in total. The second-order valence-corrected chi connectivity index (χ2v) is 4.14. The number of hydrogen-bond acceptors (Lipinski definition) is 5. The van der Waals surface area contributed by atoms with Gasteiger partial charge in [0.15, 0.2) is 17.3 Å². The van der Waals surface area contributed by atoms with Crippen LogP contribution in [0.15, 0.2) is 28.7 Å². The Morgan fingerprint density at radius 1 is 1.53 bits per heavy atom. The quantitative estimate of drug-likeness (QED) is 0.744. The predicted octanol–water partition coefficient (Wildman–Crippen LogP) is 2.43. The van der Waals surface area contributed by atoms with Crippen LogP contribution in [-0.2, 0) is 9.53 Å². The number of methoxy groups -OCH3 is 1. The molecule has 0 bridgehead atoms. The molecule has 0 spiro atoms. The van der Waals surface area contributed by atoms with E-state index in [0.29, 0.717) is 24.1 Å². The second kappa shape index (κ2) is 6.12. The molecule has 0 saturated heterocycles. The summed E-state index contributed by atoms with van der Waals surface area (Å²) >= 11 is 0. The molecule has 1 aromatic carbocycles. The second-order valence-electron chi connectivity index (χ2n) is 4.14. The molecule has 0 fully saturated rings. The number of nitrogens with zero attached hydrogens (tertiary/aromatic N) is 2. The number of rotatable bonds is 6. The maximum absolute atomic E-state index is 11.9. The summed E-state index contributed by atoms with van der Waals surface area (Å²) < 4.78 is 10.3. The molecule has 1 heterocycles. The molecule has 0 unspecified atom stereocenters. The van der Waals surface area contributed by atoms with Crippen LogP contribution >= 0.6 is 0 Å². The van der Waals surface area contributed by atoms with Crippen molar-refractivity contribution in [2.45, 2.75) is 18.8 Å². The molecule has 0 amide bonds. The summed E-state index contributed by atoms with van der Waals surface area (Å²) in [5, 5.41) is 9.13. The van der Waals surface area contributed by atoms with Crippen LogP contribution in [0.3, 0.4) is 0 Å². The van der Waals surface area contributed by atoms with E-state index in [1.165, 1.54) is 0 Å². The van der Waals surface area contributed by atoms with Crippen molar-refractivity contribution in [2.75, 3.05) is 13.7 Å². The molecule has 0 radical (unpaired) electrons. The highest BCUT2D eigenvalue weighted by Gasteiger charge is 2.25. The Bertz CT molecular complexity index is 579. The summed E-state index contributed by atoms with van der Waals surface area (Å²) in [6.45, 7) is 0.497. The van der Waals surface area contributed by atoms with Crippen LogP contribution in [0.1, 0.15) is 24.7 Å². The van der Waals surface area contributed by atoms with Gasteiger partial charge in [-0.15, -0.1) is 0 Å². The molecule has 19 heavy (non-hydrogen) atoms. The Balaban J connectivity index is 2.17. The SMILES string of the molecule is COCCCC(=O)[C@@H](C#N)c1nc2ccccc2o1. The lowest BCUT2D eigenvalue weighted by atomic mass is 10.0. The summed E-state index contributed by atoms with van der Waals surface area (Å²) in [5.74, 6) is -0.957. The minimum Gasteiger partial charge on any atom is -0.439 e. The van der Waals surface area contributed by atoms with Gasteiger partial charge in [0.05, 0.1) is 6.07 Å². The maximum atomic E-state index is 11.9. The van der Waals surface area contributed by atoms with Crippen LogP contribution in [0.5, 0.6) is 0 Å². The first kappa shape index (κ1) is 13.2. The van der Waals surface area contributed by atoms with E-state index in [2.05, 4.69) is 4.98 Å². The number of oxazole rings is 1. The Morgan fingerprint density at radius 3 is 3.00 bits per heavy atom. The van der Waals surface area contributed by atoms with Gasteiger partial charge < -0.3 is 9.15 Å². The fraction of sp³-hybridized carbons (Fsp3) is 0.357. The zero-order valence-electron chi connectivity index (χ0n) is 10.6. The summed E-state index contributed by atoms with van der Waals surface area (Å²) in [7, 11) is 1.58. The van der Waals surface area contributed by atoms with Gasteiger partial charge in [-0.25, -0.2) is 4.98 Å². The number of benzene rings is 1. The molecule has 98 valence electrons. The molecule has 2 rings (SSSR count). The van der Waals surface area contributed by atoms with Crippen molar-refractivity contribution in [3.63, 3.8) is 0 Å². The van der Waals surface area contributed by atoms with E-state index in [-0.39, 0.29) is 18.1 Å². The fourth-order valence-electron chi connectivity index (χ4n) is 1.81. The Hall–Kier alpha value is -2.19. The van der Waals surface area contributed by atoms with Crippen LogP contribution < -0.4 is 0 Å². The third-order valence-corrected chi connectivity index (χ3v) is 2.78. The summed E-state index contributed by atoms with van der Waals surface area (Å²) in [5.41, 5.74) is 1.24. The lowest BCUT2D eigenvalue weighted by molar-refractivity contribution is -0.120. The zero-order chi connectivity index (χ0) is 13.7. The number of hydrogen-bond donors (Lipinski definition) is 0. The fourth-order valence-corrected chi connectivity index (χ4v) is 1.81. The first-order valence-electron chi connectivity index (χ1n) is 6.03. The zero-order valence-corrected chi connectivity index (χ0v) is 10.6. The lowest BCUT2D eigenvalue weighted by Crippen LogP contribution is -2.11. The number of para-hydroxylation sites is 2. The summed E-state index contributed by atoms with van der Waals surface area (Å²) in [6, 6.07) is 9.15. The number of carbonyl (C=O) groups is 1. The number of ether oxygens (including phenoxy) is 1. The largest absolute Gasteiger partial charge is 0.439 e. The highest BCUT2D eigenvalue weighted by molar-refractivity contribution is 5.88. The van der Waals surface area contributed by atoms with Gasteiger partial charge in [0.25, 0.3) is 0 Å². The van der Waals surface area contributed by atoms with Crippen LogP contribution in [0.2, 0.25) is 0 Å². The van der Waals surface area contributed by atoms with Gasteiger partial charge in [0.1, 0.15) is 5.52 Å². The van der Waals surface area contributed by atoms with E-state index in [9.17, 15) is 4.79 Å². The van der Waals surface area contributed by atoms with E-state index in [1.54, 1.807) is 19.2 Å². The molecular formula is C14H14N2O3. The van der Waals surface area contributed by atoms with Crippen LogP contribution in [0.25, 0.3) is 11.1 Å². The topological polar surface area (TPSA) is 76.1 Å². The number of aromatic nitrogens is 1. The van der Waals surface area contributed by atoms with Crippen molar-refractivity contribution < 1.29 is 13.9 Å². The summed E-state index contributed by atoms with van der Waals surface area (Å²) in [4.78, 5) is 16.1. The molecule has 0 saturated carbocycles. The van der Waals surface area contributed by atoms with Crippen LogP contribution in [-0.4, -0.2) is 24.5 Å². The van der Waals surface area contributed by atoms with Crippen molar-refractivity contribution in [3.8, 4) is 6.07 Å². The highest BCUT2D eigenvalue weighted by Crippen LogP contribution is 2.22. The van der Waals surface area contributed by atoms with Gasteiger partial charge in [0.2, 0.25) is 5.89 Å². The third-order valence-electron chi connectivity index (χ3n) is 2.78. The van der Waals surface area contributed by atoms with E-state index >= 15 is 0 Å². The minimum atomic E-state index is -0.941. The van der Waals surface area contributed by atoms with Crippen LogP contribution in [0, 0.1) is 11.3 Å². The maximum Gasteiger partial charge on any atom is 0.220 e. The average Bonchev–Trinajstić information content (AvgIpc) is 2.83. The van der Waals surface area contributed by atoms with E-state index in [0.717, 1.165) is 0 Å². The summed E-state index contributed by atoms with van der Waals surface area (Å²) in [6.07, 6.45) is 0.874. The number of Topliss-reactive ketones (excluding diaryl/α,β-unsaturated/α-hetero) is 1. The van der Waals surface area contributed by atoms with Gasteiger partial charge in [-0.3, -0.25) is 4.79 Å². The molecule has 1 atom stereocenters. The third kappa shape index (κ3) is 2.98. The molecule has 0 aliphatic rings. The first-order chi connectivity index (χ1) is 9.26. The van der Waals surface area contributed by atoms with Crippen molar-refractivity contribution in [2.24, 2.45) is 0 Å². The van der Waals surface area contributed by atoms with Crippen molar-refractivity contribution >= 4 is 16.9 Å². The molecule has 1 aromatic heterocycles. The molecule has 2 aromatic rings. The smallest absolute Gasteiger partial charge is 0.220 e. The molecule has 5 heteroatoms. The first-order valence-corrected chi connectivity index (χ1v) is 6.03. The van der Waals surface area contributed by atoms with Crippen LogP contribution in [0.4, 0.5) is 0 Å². The predicted molar refractivity (Wildman–Crippen MR) is 68.5 cm³/mol. The van der Waals surface area contributed by atoms with Crippen molar-refractivity contribution in [1.82, 2.24) is 4.98 Å². The number of carbonyl (C=O) groups excluding carboxylic acids is 1. The Morgan fingerprint density at radius 2 is 2.32 bits per heavy atom. The Kier molecular flexibility index (Phi) is 4.26. The van der Waals surface area contributed by atoms with Gasteiger partial charge in [-0.2, -0.15) is 5.26 Å². The molecule has 0 N–H and O–H groups in total. The average molecular weight is 258 g/mol. The van der Waals surface area contributed by atoms with E-state index in [1.807, 2.05) is 18.2 Å². The van der Waals surface area contributed by atoms with Gasteiger partial charge in [-0.1, -0.05) is 12.1 Å². The molecular weight excluding hydrogens is 244 g/mol. The van der Waals surface area contributed by atoms with Gasteiger partial charge in [0, 0.05) is 20.1 Å². The molecule has 0 aliphatic heterocycles. The Labute approximate surface area is 110 Å². The number of fused-ring (bicyclic) bond motifs is 1. The monoisotopic (exact) mass is 258 g/mol. The highest BCUT2D eigenvalue weighted by atomic mass is 16.5. The lowest BCUT2D eigenvalue weighted by Gasteiger charge is -2.03. The number of ketones is 1. The normalized spacial score (nSPS) is 12.2. The van der Waals surface area contributed by atoms with Gasteiger partial charge >= 0.3 is 0 Å². The van der Waals surface area contributed by atoms with Crippen molar-refractivity contribution in [1.29, 1.82) is 5.26 Å². The molecule has 0 aliphatic carbocycles. The van der Waals surface area contributed by atoms with E-state index in [4.69, 9.17) is 14.4 Å². The minimum absolute atomic E-state index is 0.172. The van der Waals surface area contributed by atoms with Crippen molar-refractivity contribution in [3.05, 3.63) is 30.2 Å². The standard InChI is InChI=1S/C14H14N2O3/c1-18-8-4-6-12(17)10(9-15)14-16-11-5-2-3-7-13(11)19-14/h2-3,5,7,10H,4,6,8H2,1H3/t10-/m1/s1. The number of nitriles is 1.